The zero-order valence-corrected chi connectivity index (χ0v) is 7.45. The average molecular weight is 214 g/mol. The second kappa shape index (κ2) is 3.19. The average Bonchev–Trinajstić information content (AvgIpc) is 2.25. The Balaban J connectivity index is 3.26. The van der Waals surface area contributed by atoms with Crippen molar-refractivity contribution in [1.82, 2.24) is 9.78 Å². The number of hydrogen-bond donors (Lipinski definition) is 1. The molecule has 0 amide bonds. The Labute approximate surface area is 77.3 Å². The summed E-state index contributed by atoms with van der Waals surface area (Å²) < 4.78 is 37.6. The van der Waals surface area contributed by atoms with E-state index in [-0.39, 0.29) is 12.2 Å². The molecule has 7 heteroatoms. The lowest BCUT2D eigenvalue weighted by atomic mass is 10.3. The Morgan fingerprint density at radius 1 is 1.54 bits per heavy atom. The van der Waals surface area contributed by atoms with E-state index in [4.69, 9.17) is 17.3 Å². The van der Waals surface area contributed by atoms with E-state index in [2.05, 4.69) is 5.10 Å². The van der Waals surface area contributed by atoms with Crippen LogP contribution in [0.25, 0.3) is 0 Å². The van der Waals surface area contributed by atoms with Crippen molar-refractivity contribution < 1.29 is 13.2 Å². The fourth-order valence-corrected chi connectivity index (χ4v) is 1.28. The maximum Gasteiger partial charge on any atom is 0.436 e. The van der Waals surface area contributed by atoms with E-state index in [0.717, 1.165) is 4.68 Å². The molecule has 0 aliphatic heterocycles. The molecule has 0 spiro atoms. The quantitative estimate of drug-likeness (QED) is 0.769. The van der Waals surface area contributed by atoms with Crippen LogP contribution < -0.4 is 5.73 Å². The molecule has 0 atom stereocenters. The van der Waals surface area contributed by atoms with Gasteiger partial charge in [-0.25, -0.2) is 0 Å². The molecule has 74 valence electrons. The first-order valence-corrected chi connectivity index (χ1v) is 3.74. The summed E-state index contributed by atoms with van der Waals surface area (Å²) in [4.78, 5) is 0. The van der Waals surface area contributed by atoms with Crippen molar-refractivity contribution in [2.75, 3.05) is 0 Å². The van der Waals surface area contributed by atoms with Crippen LogP contribution in [0.3, 0.4) is 0 Å². The molecule has 0 bridgehead atoms. The highest BCUT2D eigenvalue weighted by Crippen LogP contribution is 2.34. The van der Waals surface area contributed by atoms with Crippen molar-refractivity contribution in [2.24, 2.45) is 12.8 Å². The Morgan fingerprint density at radius 2 is 2.08 bits per heavy atom. The van der Waals surface area contributed by atoms with Gasteiger partial charge in [0.25, 0.3) is 0 Å². The van der Waals surface area contributed by atoms with Gasteiger partial charge in [0.1, 0.15) is 0 Å². The van der Waals surface area contributed by atoms with Gasteiger partial charge < -0.3 is 5.73 Å². The molecule has 0 radical (unpaired) electrons. The van der Waals surface area contributed by atoms with Gasteiger partial charge in [0.05, 0.1) is 10.7 Å². The highest BCUT2D eigenvalue weighted by Gasteiger charge is 2.38. The summed E-state index contributed by atoms with van der Waals surface area (Å²) in [5.41, 5.74) is 4.28. The van der Waals surface area contributed by atoms with E-state index in [1.807, 2.05) is 0 Å². The van der Waals surface area contributed by atoms with Crippen LogP contribution in [0.1, 0.15) is 11.4 Å². The number of rotatable bonds is 1. The number of halogens is 4. The molecule has 0 aliphatic rings. The van der Waals surface area contributed by atoms with Crippen LogP contribution in [0.4, 0.5) is 13.2 Å². The summed E-state index contributed by atoms with van der Waals surface area (Å²) in [6, 6.07) is 0. The smallest absolute Gasteiger partial charge is 0.325 e. The van der Waals surface area contributed by atoms with E-state index in [1.165, 1.54) is 7.05 Å². The van der Waals surface area contributed by atoms with E-state index in [1.54, 1.807) is 0 Å². The fraction of sp³-hybridized carbons (Fsp3) is 0.500. The number of alkyl halides is 3. The first-order chi connectivity index (χ1) is 5.88. The summed E-state index contributed by atoms with van der Waals surface area (Å²) in [5, 5.41) is 2.81. The molecular weight excluding hydrogens is 207 g/mol. The molecular formula is C6H7ClF3N3. The molecule has 0 fully saturated rings. The SMILES string of the molecule is Cn1nc(C(F)(F)F)c(Cl)c1CN. The van der Waals surface area contributed by atoms with Crippen molar-refractivity contribution in [3.63, 3.8) is 0 Å². The Bertz CT molecular complexity index is 318. The summed E-state index contributed by atoms with van der Waals surface area (Å²) >= 11 is 5.43. The lowest BCUT2D eigenvalue weighted by Crippen LogP contribution is -2.07. The minimum absolute atomic E-state index is 0.0710. The molecule has 1 heterocycles. The first-order valence-electron chi connectivity index (χ1n) is 3.36. The second-order valence-corrected chi connectivity index (χ2v) is 2.81. The summed E-state index contributed by atoms with van der Waals surface area (Å²) in [6.45, 7) is -0.0710. The van der Waals surface area contributed by atoms with Crippen molar-refractivity contribution in [1.29, 1.82) is 0 Å². The van der Waals surface area contributed by atoms with Crippen LogP contribution in [-0.2, 0) is 19.8 Å². The topological polar surface area (TPSA) is 43.8 Å². The standard InChI is InChI=1S/C6H7ClF3N3/c1-13-3(2-11)4(7)5(12-13)6(8,9)10/h2,11H2,1H3. The van der Waals surface area contributed by atoms with Gasteiger partial charge in [-0.05, 0) is 0 Å². The van der Waals surface area contributed by atoms with Gasteiger partial charge >= 0.3 is 6.18 Å². The van der Waals surface area contributed by atoms with E-state index in [0.29, 0.717) is 0 Å². The predicted molar refractivity (Wildman–Crippen MR) is 41.1 cm³/mol. The lowest BCUT2D eigenvalue weighted by Gasteiger charge is -2.01. The Morgan fingerprint density at radius 3 is 2.31 bits per heavy atom. The lowest BCUT2D eigenvalue weighted by molar-refractivity contribution is -0.141. The third-order valence-electron chi connectivity index (χ3n) is 1.56. The van der Waals surface area contributed by atoms with E-state index in [9.17, 15) is 13.2 Å². The van der Waals surface area contributed by atoms with Crippen LogP contribution in [0.2, 0.25) is 5.02 Å². The molecule has 2 N–H and O–H groups in total. The molecule has 0 saturated carbocycles. The van der Waals surface area contributed by atoms with E-state index >= 15 is 0 Å². The van der Waals surface area contributed by atoms with E-state index < -0.39 is 16.9 Å². The summed E-state index contributed by atoms with van der Waals surface area (Å²) in [7, 11) is 1.36. The summed E-state index contributed by atoms with van der Waals surface area (Å²) in [6.07, 6.45) is -4.53. The molecule has 1 aromatic rings. The van der Waals surface area contributed by atoms with Crippen LogP contribution in [0, 0.1) is 0 Å². The number of aryl methyl sites for hydroxylation is 1. The zero-order valence-electron chi connectivity index (χ0n) is 6.69. The van der Waals surface area contributed by atoms with Crippen molar-refractivity contribution in [3.05, 3.63) is 16.4 Å². The van der Waals surface area contributed by atoms with Gasteiger partial charge in [0.15, 0.2) is 5.69 Å². The second-order valence-electron chi connectivity index (χ2n) is 2.43. The number of nitrogens with two attached hydrogens (primary N) is 1. The highest BCUT2D eigenvalue weighted by atomic mass is 35.5. The number of hydrogen-bond acceptors (Lipinski definition) is 2. The van der Waals surface area contributed by atoms with Gasteiger partial charge in [0.2, 0.25) is 0 Å². The number of nitrogens with zero attached hydrogens (tertiary/aromatic N) is 2. The van der Waals surface area contributed by atoms with Crippen molar-refractivity contribution >= 4 is 11.6 Å². The first kappa shape index (κ1) is 10.3. The third-order valence-corrected chi connectivity index (χ3v) is 1.96. The largest absolute Gasteiger partial charge is 0.436 e. The van der Waals surface area contributed by atoms with Gasteiger partial charge in [-0.15, -0.1) is 0 Å². The van der Waals surface area contributed by atoms with Crippen molar-refractivity contribution in [2.45, 2.75) is 12.7 Å². The molecule has 0 saturated heterocycles. The minimum atomic E-state index is -4.53. The van der Waals surface area contributed by atoms with Crippen LogP contribution in [0.15, 0.2) is 0 Å². The fourth-order valence-electron chi connectivity index (χ4n) is 0.936. The zero-order chi connectivity index (χ0) is 10.2. The van der Waals surface area contributed by atoms with Gasteiger partial charge in [-0.1, -0.05) is 11.6 Å². The molecule has 0 aliphatic carbocycles. The van der Waals surface area contributed by atoms with Gasteiger partial charge in [0, 0.05) is 13.6 Å². The number of aromatic nitrogens is 2. The minimum Gasteiger partial charge on any atom is -0.325 e. The van der Waals surface area contributed by atoms with Crippen molar-refractivity contribution in [3.8, 4) is 0 Å². The molecule has 0 unspecified atom stereocenters. The monoisotopic (exact) mass is 213 g/mol. The van der Waals surface area contributed by atoms with Crippen LogP contribution in [0.5, 0.6) is 0 Å². The molecule has 0 aromatic carbocycles. The molecule has 1 rings (SSSR count). The maximum atomic E-state index is 12.2. The van der Waals surface area contributed by atoms with Gasteiger partial charge in [-0.3, -0.25) is 4.68 Å². The molecule has 13 heavy (non-hydrogen) atoms. The Hall–Kier alpha value is -0.750. The molecule has 1 aromatic heterocycles. The summed E-state index contributed by atoms with van der Waals surface area (Å²) in [5.74, 6) is 0. The van der Waals surface area contributed by atoms with Gasteiger partial charge in [-0.2, -0.15) is 18.3 Å². The maximum absolute atomic E-state index is 12.2. The van der Waals surface area contributed by atoms with Crippen LogP contribution in [-0.4, -0.2) is 9.78 Å². The van der Waals surface area contributed by atoms with Crippen LogP contribution >= 0.6 is 11.6 Å². The normalized spacial score (nSPS) is 12.2. The molecule has 3 nitrogen and oxygen atoms in total. The third kappa shape index (κ3) is 1.78. The Kier molecular flexibility index (Phi) is 2.53. The highest BCUT2D eigenvalue weighted by molar-refractivity contribution is 6.32. The predicted octanol–water partition coefficient (Wildman–Crippen LogP) is 1.55.